The van der Waals surface area contributed by atoms with Gasteiger partial charge in [-0.15, -0.1) is 11.3 Å². The van der Waals surface area contributed by atoms with Crippen molar-refractivity contribution in [3.8, 4) is 0 Å². The van der Waals surface area contributed by atoms with E-state index in [4.69, 9.17) is 0 Å². The number of hydrogen-bond acceptors (Lipinski definition) is 4. The van der Waals surface area contributed by atoms with Crippen LogP contribution in [0, 0.1) is 13.8 Å². The van der Waals surface area contributed by atoms with Gasteiger partial charge in [-0.3, -0.25) is 0 Å². The molecule has 0 saturated carbocycles. The summed E-state index contributed by atoms with van der Waals surface area (Å²) in [5.41, 5.74) is 2.12. The molecule has 0 atom stereocenters. The van der Waals surface area contributed by atoms with Crippen LogP contribution in [0.5, 0.6) is 0 Å². The lowest BCUT2D eigenvalue weighted by Crippen LogP contribution is -2.35. The Morgan fingerprint density at radius 2 is 1.90 bits per heavy atom. The van der Waals surface area contributed by atoms with Crippen LogP contribution in [0.2, 0.25) is 0 Å². The molecule has 2 heterocycles. The van der Waals surface area contributed by atoms with Gasteiger partial charge in [0.25, 0.3) is 0 Å². The zero-order valence-corrected chi connectivity index (χ0v) is 13.1. The molecule has 0 amide bonds. The highest BCUT2D eigenvalue weighted by atomic mass is 32.2. The fraction of sp³-hybridized carbons (Fsp3) is 0.357. The normalized spacial score (nSPS) is 16.1. The molecule has 0 radical (unpaired) electrons. The summed E-state index contributed by atoms with van der Waals surface area (Å²) in [6, 6.07) is 7.02. The van der Waals surface area contributed by atoms with Crippen molar-refractivity contribution < 1.29 is 8.42 Å². The molecular weight excluding hydrogens is 292 g/mol. The highest BCUT2D eigenvalue weighted by Gasteiger charge is 2.29. The fourth-order valence-electron chi connectivity index (χ4n) is 2.37. The molecule has 1 aromatic carbocycles. The van der Waals surface area contributed by atoms with E-state index in [0.717, 1.165) is 21.1 Å². The Morgan fingerprint density at radius 3 is 2.60 bits per heavy atom. The Hall–Kier alpha value is -1.24. The minimum absolute atomic E-state index is 0.368. The van der Waals surface area contributed by atoms with E-state index in [2.05, 4.69) is 4.98 Å². The van der Waals surface area contributed by atoms with Crippen molar-refractivity contribution in [1.29, 1.82) is 0 Å². The summed E-state index contributed by atoms with van der Waals surface area (Å²) in [6.07, 6.45) is 0.699. The molecule has 6 heteroatoms. The summed E-state index contributed by atoms with van der Waals surface area (Å²) in [5.74, 6) is 0. The Bertz CT molecular complexity index is 733. The highest BCUT2D eigenvalue weighted by Crippen LogP contribution is 2.28. The molecule has 0 N–H and O–H groups in total. The number of aromatic nitrogens is 1. The van der Waals surface area contributed by atoms with Gasteiger partial charge in [0.1, 0.15) is 0 Å². The second kappa shape index (κ2) is 4.95. The Labute approximate surface area is 123 Å². The SMILES string of the molecule is Cc1ccc(S(=O)(=O)N2CCc3nc(C)sc3C2)cc1. The predicted molar refractivity (Wildman–Crippen MR) is 79.3 cm³/mol. The number of nitrogens with zero attached hydrogens (tertiary/aromatic N) is 2. The van der Waals surface area contributed by atoms with Gasteiger partial charge in [0.05, 0.1) is 22.1 Å². The van der Waals surface area contributed by atoms with Crippen molar-refractivity contribution in [2.45, 2.75) is 31.7 Å². The third-order valence-corrected chi connectivity index (χ3v) is 6.32. The molecular formula is C14H16N2O2S2. The van der Waals surface area contributed by atoms with Gasteiger partial charge >= 0.3 is 0 Å². The average Bonchev–Trinajstić information content (AvgIpc) is 2.78. The summed E-state index contributed by atoms with van der Waals surface area (Å²) in [5, 5.41) is 1.00. The molecule has 0 aliphatic carbocycles. The monoisotopic (exact) mass is 308 g/mol. The Morgan fingerprint density at radius 1 is 1.20 bits per heavy atom. The van der Waals surface area contributed by atoms with E-state index >= 15 is 0 Å². The maximum absolute atomic E-state index is 12.6. The summed E-state index contributed by atoms with van der Waals surface area (Å²) >= 11 is 1.59. The van der Waals surface area contributed by atoms with Gasteiger partial charge < -0.3 is 0 Å². The van der Waals surface area contributed by atoms with Gasteiger partial charge in [-0.2, -0.15) is 4.31 Å². The van der Waals surface area contributed by atoms with Crippen molar-refractivity contribution in [3.63, 3.8) is 0 Å². The minimum atomic E-state index is -3.40. The molecule has 1 aliphatic heterocycles. The van der Waals surface area contributed by atoms with Crippen molar-refractivity contribution >= 4 is 21.4 Å². The lowest BCUT2D eigenvalue weighted by molar-refractivity contribution is 0.393. The largest absolute Gasteiger partial charge is 0.246 e. The number of fused-ring (bicyclic) bond motifs is 1. The van der Waals surface area contributed by atoms with Gasteiger partial charge in [0, 0.05) is 17.8 Å². The summed E-state index contributed by atoms with van der Waals surface area (Å²) in [4.78, 5) is 5.89. The maximum atomic E-state index is 12.6. The van der Waals surface area contributed by atoms with Crippen LogP contribution in [0.4, 0.5) is 0 Å². The van der Waals surface area contributed by atoms with Crippen molar-refractivity contribution in [1.82, 2.24) is 9.29 Å². The molecule has 106 valence electrons. The minimum Gasteiger partial charge on any atom is -0.246 e. The topological polar surface area (TPSA) is 50.3 Å². The van der Waals surface area contributed by atoms with Crippen LogP contribution in [0.15, 0.2) is 29.2 Å². The third kappa shape index (κ3) is 2.39. The smallest absolute Gasteiger partial charge is 0.243 e. The van der Waals surface area contributed by atoms with Crippen LogP contribution in [-0.2, 0) is 23.0 Å². The Balaban J connectivity index is 1.91. The van der Waals surface area contributed by atoms with Crippen molar-refractivity contribution in [2.75, 3.05) is 6.54 Å². The highest BCUT2D eigenvalue weighted by molar-refractivity contribution is 7.89. The third-order valence-electron chi connectivity index (χ3n) is 3.46. The van der Waals surface area contributed by atoms with Crippen molar-refractivity contribution in [2.24, 2.45) is 0 Å². The molecule has 4 nitrogen and oxygen atoms in total. The molecule has 2 aromatic rings. The maximum Gasteiger partial charge on any atom is 0.243 e. The van der Waals surface area contributed by atoms with Crippen LogP contribution < -0.4 is 0 Å². The molecule has 1 aliphatic rings. The first-order valence-electron chi connectivity index (χ1n) is 6.49. The first kappa shape index (κ1) is 13.7. The lowest BCUT2D eigenvalue weighted by Gasteiger charge is -2.25. The van der Waals surface area contributed by atoms with Gasteiger partial charge in [-0.05, 0) is 26.0 Å². The zero-order chi connectivity index (χ0) is 14.3. The van der Waals surface area contributed by atoms with Gasteiger partial charge in [0.2, 0.25) is 10.0 Å². The van der Waals surface area contributed by atoms with Crippen LogP contribution in [-0.4, -0.2) is 24.3 Å². The van der Waals surface area contributed by atoms with E-state index in [9.17, 15) is 8.42 Å². The first-order valence-corrected chi connectivity index (χ1v) is 8.74. The van der Waals surface area contributed by atoms with E-state index in [0.29, 0.717) is 24.4 Å². The molecule has 0 unspecified atom stereocenters. The van der Waals surface area contributed by atoms with E-state index in [1.54, 1.807) is 27.8 Å². The average molecular weight is 308 g/mol. The zero-order valence-electron chi connectivity index (χ0n) is 11.5. The van der Waals surface area contributed by atoms with E-state index in [1.807, 2.05) is 26.0 Å². The van der Waals surface area contributed by atoms with Crippen LogP contribution in [0.1, 0.15) is 21.1 Å². The molecule has 1 aromatic heterocycles. The summed E-state index contributed by atoms with van der Waals surface area (Å²) < 4.78 is 26.8. The Kier molecular flexibility index (Phi) is 3.40. The number of sulfonamides is 1. The van der Waals surface area contributed by atoms with E-state index in [-0.39, 0.29) is 0 Å². The molecule has 0 fully saturated rings. The van der Waals surface area contributed by atoms with Crippen LogP contribution >= 0.6 is 11.3 Å². The number of thiazole rings is 1. The molecule has 0 saturated heterocycles. The number of rotatable bonds is 2. The van der Waals surface area contributed by atoms with Gasteiger partial charge in [0.15, 0.2) is 0 Å². The van der Waals surface area contributed by atoms with E-state index < -0.39 is 10.0 Å². The van der Waals surface area contributed by atoms with Gasteiger partial charge in [-0.1, -0.05) is 17.7 Å². The second-order valence-corrected chi connectivity index (χ2v) is 8.23. The van der Waals surface area contributed by atoms with Crippen molar-refractivity contribution in [3.05, 3.63) is 45.4 Å². The van der Waals surface area contributed by atoms with E-state index in [1.165, 1.54) is 0 Å². The molecule has 3 rings (SSSR count). The molecule has 20 heavy (non-hydrogen) atoms. The summed E-state index contributed by atoms with van der Waals surface area (Å²) in [6.45, 7) is 4.86. The van der Waals surface area contributed by atoms with Crippen LogP contribution in [0.3, 0.4) is 0 Å². The quantitative estimate of drug-likeness (QED) is 0.856. The lowest BCUT2D eigenvalue weighted by atomic mass is 10.2. The first-order chi connectivity index (χ1) is 9.46. The van der Waals surface area contributed by atoms with Gasteiger partial charge in [-0.25, -0.2) is 13.4 Å². The van der Waals surface area contributed by atoms with Crippen LogP contribution in [0.25, 0.3) is 0 Å². The molecule has 0 spiro atoms. The predicted octanol–water partition coefficient (Wildman–Crippen LogP) is 2.51. The number of benzene rings is 1. The number of aryl methyl sites for hydroxylation is 2. The summed E-state index contributed by atoms with van der Waals surface area (Å²) in [7, 11) is -3.40. The standard InChI is InChI=1S/C14H16N2O2S2/c1-10-3-5-12(6-4-10)20(17,18)16-8-7-13-14(9-16)19-11(2)15-13/h3-6H,7-9H2,1-2H3. The number of hydrogen-bond donors (Lipinski definition) is 0. The second-order valence-electron chi connectivity index (χ2n) is 5.00. The molecule has 0 bridgehead atoms. The fourth-order valence-corrected chi connectivity index (χ4v) is 4.85.